The van der Waals surface area contributed by atoms with Gasteiger partial charge in [0.15, 0.2) is 0 Å². The van der Waals surface area contributed by atoms with Gasteiger partial charge in [-0.3, -0.25) is 4.90 Å². The summed E-state index contributed by atoms with van der Waals surface area (Å²) in [6.07, 6.45) is 1.04. The van der Waals surface area contributed by atoms with Crippen molar-refractivity contribution < 1.29 is 0 Å². The highest BCUT2D eigenvalue weighted by Gasteiger charge is 2.10. The minimum atomic E-state index is 0.677. The molecule has 0 saturated heterocycles. The minimum Gasteiger partial charge on any atom is -0.329 e. The Hall–Kier alpha value is -1.53. The van der Waals surface area contributed by atoms with Crippen molar-refractivity contribution in [3.8, 4) is 10.6 Å². The van der Waals surface area contributed by atoms with Crippen LogP contribution in [0.2, 0.25) is 0 Å². The van der Waals surface area contributed by atoms with Crippen molar-refractivity contribution in [1.29, 1.82) is 0 Å². The van der Waals surface area contributed by atoms with Crippen LogP contribution in [-0.2, 0) is 13.0 Å². The smallest absolute Gasteiger partial charge is 0.124 e. The highest BCUT2D eigenvalue weighted by molar-refractivity contribution is 7.14. The summed E-state index contributed by atoms with van der Waals surface area (Å²) in [5.74, 6) is 0. The predicted molar refractivity (Wildman–Crippen MR) is 99.9 cm³/mol. The van der Waals surface area contributed by atoms with Crippen LogP contribution in [0.1, 0.15) is 11.3 Å². The zero-order chi connectivity index (χ0) is 15.9. The highest BCUT2D eigenvalue weighted by Crippen LogP contribution is 2.26. The molecule has 1 aromatic carbocycles. The largest absolute Gasteiger partial charge is 0.329 e. The lowest BCUT2D eigenvalue weighted by atomic mass is 10.1. The maximum absolute atomic E-state index is 5.78. The Labute approximate surface area is 145 Å². The fraction of sp³-hybridized carbons (Fsp3) is 0.278. The van der Waals surface area contributed by atoms with E-state index < -0.39 is 0 Å². The Morgan fingerprint density at radius 1 is 1.04 bits per heavy atom. The molecule has 3 rings (SSSR count). The summed E-state index contributed by atoms with van der Waals surface area (Å²) in [5.41, 5.74) is 9.50. The van der Waals surface area contributed by atoms with E-state index in [4.69, 9.17) is 10.7 Å². The molecule has 0 aliphatic carbocycles. The van der Waals surface area contributed by atoms with Gasteiger partial charge in [0.1, 0.15) is 5.01 Å². The average molecular weight is 344 g/mol. The normalized spacial score (nSPS) is 11.2. The summed E-state index contributed by atoms with van der Waals surface area (Å²) in [4.78, 5) is 7.16. The molecule has 0 aliphatic rings. The van der Waals surface area contributed by atoms with Crippen LogP contribution in [0.15, 0.2) is 52.5 Å². The number of hydrogen-bond acceptors (Lipinski definition) is 5. The van der Waals surface area contributed by atoms with Crippen LogP contribution in [0, 0.1) is 0 Å². The molecule has 0 spiro atoms. The van der Waals surface area contributed by atoms with Crippen molar-refractivity contribution in [3.05, 3.63) is 63.8 Å². The summed E-state index contributed by atoms with van der Waals surface area (Å²) in [5, 5.41) is 7.52. The summed E-state index contributed by atoms with van der Waals surface area (Å²) in [6.45, 7) is 3.45. The molecule has 2 heterocycles. The van der Waals surface area contributed by atoms with E-state index in [2.05, 4.69) is 57.4 Å². The maximum Gasteiger partial charge on any atom is 0.124 e. The molecule has 3 nitrogen and oxygen atoms in total. The van der Waals surface area contributed by atoms with E-state index in [0.29, 0.717) is 6.54 Å². The van der Waals surface area contributed by atoms with Gasteiger partial charge in [0.05, 0.1) is 5.69 Å². The SMILES string of the molecule is NCCN(CCc1ccccc1)Cc1csc(-c2ccsc2)n1. The molecular weight excluding hydrogens is 322 g/mol. The third kappa shape index (κ3) is 4.72. The second-order valence-corrected chi connectivity index (χ2v) is 7.09. The van der Waals surface area contributed by atoms with E-state index in [1.54, 1.807) is 22.7 Å². The van der Waals surface area contributed by atoms with E-state index in [9.17, 15) is 0 Å². The number of hydrogen-bond donors (Lipinski definition) is 1. The molecule has 0 fully saturated rings. The Bertz CT molecular complexity index is 692. The number of thiophene rings is 1. The molecule has 0 saturated carbocycles. The lowest BCUT2D eigenvalue weighted by molar-refractivity contribution is 0.274. The molecule has 0 unspecified atom stereocenters. The van der Waals surface area contributed by atoms with Crippen molar-refractivity contribution in [1.82, 2.24) is 9.88 Å². The first-order chi connectivity index (χ1) is 11.3. The van der Waals surface area contributed by atoms with Crippen LogP contribution in [0.5, 0.6) is 0 Å². The predicted octanol–water partition coefficient (Wildman–Crippen LogP) is 3.88. The fourth-order valence-electron chi connectivity index (χ4n) is 2.51. The molecule has 0 atom stereocenters. The Morgan fingerprint density at radius 3 is 2.65 bits per heavy atom. The number of thiazole rings is 1. The van der Waals surface area contributed by atoms with Gasteiger partial charge in [0.2, 0.25) is 0 Å². The molecule has 120 valence electrons. The van der Waals surface area contributed by atoms with Crippen LogP contribution in [0.4, 0.5) is 0 Å². The number of nitrogens with zero attached hydrogens (tertiary/aromatic N) is 2. The van der Waals surface area contributed by atoms with E-state index in [1.165, 1.54) is 11.1 Å². The third-order valence-electron chi connectivity index (χ3n) is 3.71. The topological polar surface area (TPSA) is 42.1 Å². The van der Waals surface area contributed by atoms with E-state index in [1.807, 2.05) is 0 Å². The Balaban J connectivity index is 1.60. The van der Waals surface area contributed by atoms with Gasteiger partial charge >= 0.3 is 0 Å². The molecule has 0 radical (unpaired) electrons. The van der Waals surface area contributed by atoms with Gasteiger partial charge in [-0.05, 0) is 23.4 Å². The van der Waals surface area contributed by atoms with Crippen LogP contribution in [0.25, 0.3) is 10.6 Å². The van der Waals surface area contributed by atoms with Gasteiger partial charge in [0, 0.05) is 42.5 Å². The fourth-order valence-corrected chi connectivity index (χ4v) is 4.03. The molecule has 5 heteroatoms. The molecule has 23 heavy (non-hydrogen) atoms. The zero-order valence-electron chi connectivity index (χ0n) is 13.0. The van der Waals surface area contributed by atoms with E-state index in [-0.39, 0.29) is 0 Å². The standard InChI is InChI=1S/C18H21N3S2/c19-8-10-21(9-6-15-4-2-1-3-5-15)12-17-14-23-18(20-17)16-7-11-22-13-16/h1-5,7,11,13-14H,6,8-10,12,19H2. The van der Waals surface area contributed by atoms with Crippen molar-refractivity contribution in [2.45, 2.75) is 13.0 Å². The number of rotatable bonds is 8. The molecule has 0 amide bonds. The molecule has 0 aliphatic heterocycles. The average Bonchev–Trinajstić information content (AvgIpc) is 3.25. The molecular formula is C18H21N3S2. The lowest BCUT2D eigenvalue weighted by Crippen LogP contribution is -2.31. The summed E-state index contributed by atoms with van der Waals surface area (Å²) >= 11 is 3.43. The number of aromatic nitrogens is 1. The van der Waals surface area contributed by atoms with Gasteiger partial charge in [-0.15, -0.1) is 11.3 Å². The monoisotopic (exact) mass is 343 g/mol. The molecule has 2 N–H and O–H groups in total. The van der Waals surface area contributed by atoms with Gasteiger partial charge in [-0.25, -0.2) is 4.98 Å². The van der Waals surface area contributed by atoms with Crippen molar-refractivity contribution >= 4 is 22.7 Å². The van der Waals surface area contributed by atoms with Gasteiger partial charge in [-0.2, -0.15) is 11.3 Å². The summed E-state index contributed by atoms with van der Waals surface area (Å²) < 4.78 is 0. The maximum atomic E-state index is 5.78. The summed E-state index contributed by atoms with van der Waals surface area (Å²) in [7, 11) is 0. The molecule has 2 aromatic heterocycles. The van der Waals surface area contributed by atoms with Crippen molar-refractivity contribution in [2.24, 2.45) is 5.73 Å². The lowest BCUT2D eigenvalue weighted by Gasteiger charge is -2.20. The van der Waals surface area contributed by atoms with Gasteiger partial charge < -0.3 is 5.73 Å². The van der Waals surface area contributed by atoms with Crippen LogP contribution >= 0.6 is 22.7 Å². The van der Waals surface area contributed by atoms with Crippen LogP contribution in [0.3, 0.4) is 0 Å². The Morgan fingerprint density at radius 2 is 1.91 bits per heavy atom. The Kier molecular flexibility index (Phi) is 5.93. The zero-order valence-corrected chi connectivity index (χ0v) is 14.7. The quantitative estimate of drug-likeness (QED) is 0.675. The highest BCUT2D eigenvalue weighted by atomic mass is 32.1. The third-order valence-corrected chi connectivity index (χ3v) is 5.33. The van der Waals surface area contributed by atoms with Crippen LogP contribution < -0.4 is 5.73 Å². The van der Waals surface area contributed by atoms with Crippen molar-refractivity contribution in [3.63, 3.8) is 0 Å². The molecule has 0 bridgehead atoms. The van der Waals surface area contributed by atoms with Crippen molar-refractivity contribution in [2.75, 3.05) is 19.6 Å². The van der Waals surface area contributed by atoms with Gasteiger partial charge in [-0.1, -0.05) is 30.3 Å². The second kappa shape index (κ2) is 8.36. The molecule has 3 aromatic rings. The first-order valence-corrected chi connectivity index (χ1v) is 9.60. The van der Waals surface area contributed by atoms with E-state index in [0.717, 1.165) is 36.8 Å². The summed E-state index contributed by atoms with van der Waals surface area (Å²) in [6, 6.07) is 12.7. The minimum absolute atomic E-state index is 0.677. The first kappa shape index (κ1) is 16.3. The number of nitrogens with two attached hydrogens (primary N) is 1. The van der Waals surface area contributed by atoms with Crippen LogP contribution in [-0.4, -0.2) is 29.5 Å². The number of benzene rings is 1. The second-order valence-electron chi connectivity index (χ2n) is 5.46. The first-order valence-electron chi connectivity index (χ1n) is 7.78. The van der Waals surface area contributed by atoms with Gasteiger partial charge in [0.25, 0.3) is 0 Å². The van der Waals surface area contributed by atoms with E-state index >= 15 is 0 Å².